The highest BCUT2D eigenvalue weighted by Crippen LogP contribution is 2.06. The molecule has 4 nitrogen and oxygen atoms in total. The molecule has 0 aliphatic heterocycles. The summed E-state index contributed by atoms with van der Waals surface area (Å²) in [5.41, 5.74) is 1.55. The maximum absolute atomic E-state index is 12.1. The van der Waals surface area contributed by atoms with Crippen LogP contribution in [0.5, 0.6) is 0 Å². The van der Waals surface area contributed by atoms with E-state index in [0.29, 0.717) is 5.69 Å². The zero-order chi connectivity index (χ0) is 12.0. The third-order valence-corrected chi connectivity index (χ3v) is 2.51. The summed E-state index contributed by atoms with van der Waals surface area (Å²) in [7, 11) is 0. The van der Waals surface area contributed by atoms with Crippen molar-refractivity contribution in [1.82, 2.24) is 15.1 Å². The Morgan fingerprint density at radius 2 is 1.94 bits per heavy atom. The average molecular weight is 223 g/mol. The van der Waals surface area contributed by atoms with Gasteiger partial charge in [-0.05, 0) is 25.3 Å². The minimum Gasteiger partial charge on any atom is -0.337 e. The lowest BCUT2D eigenvalue weighted by Crippen LogP contribution is -2.32. The van der Waals surface area contributed by atoms with Gasteiger partial charge in [0.25, 0.3) is 5.91 Å². The van der Waals surface area contributed by atoms with Crippen LogP contribution in [-0.4, -0.2) is 34.1 Å². The Kier molecular flexibility index (Phi) is 5.02. The molecule has 1 heterocycles. The average Bonchev–Trinajstić information content (AvgIpc) is 2.76. The summed E-state index contributed by atoms with van der Waals surface area (Å²) in [6.07, 6.45) is 2.84. The van der Waals surface area contributed by atoms with Gasteiger partial charge in [-0.15, -0.1) is 0 Å². The summed E-state index contributed by atoms with van der Waals surface area (Å²) in [6, 6.07) is 1.85. The monoisotopic (exact) mass is 223 g/mol. The molecule has 90 valence electrons. The van der Waals surface area contributed by atoms with Crippen molar-refractivity contribution in [1.29, 1.82) is 0 Å². The van der Waals surface area contributed by atoms with Crippen molar-refractivity contribution in [3.8, 4) is 0 Å². The first-order chi connectivity index (χ1) is 7.72. The summed E-state index contributed by atoms with van der Waals surface area (Å²) in [5, 5.41) is 6.93. The molecule has 0 aliphatic rings. The third kappa shape index (κ3) is 3.08. The van der Waals surface area contributed by atoms with E-state index in [9.17, 15) is 4.79 Å². The third-order valence-electron chi connectivity index (χ3n) is 2.51. The van der Waals surface area contributed by atoms with Crippen molar-refractivity contribution >= 4 is 5.91 Å². The van der Waals surface area contributed by atoms with Crippen LogP contribution >= 0.6 is 0 Å². The fourth-order valence-electron chi connectivity index (χ4n) is 1.67. The normalized spacial score (nSPS) is 10.4. The molecule has 1 amide bonds. The van der Waals surface area contributed by atoms with Crippen LogP contribution in [0.2, 0.25) is 0 Å². The molecule has 1 N–H and O–H groups in total. The molecule has 16 heavy (non-hydrogen) atoms. The molecular formula is C12H21N3O. The standard InChI is InChI=1S/C12H21N3O/c1-4-7-15(8-5-2)12(16)11-9-10(6-3)13-14-11/h9H,4-8H2,1-3H3,(H,13,14). The quantitative estimate of drug-likeness (QED) is 0.804. The maximum Gasteiger partial charge on any atom is 0.274 e. The van der Waals surface area contributed by atoms with E-state index < -0.39 is 0 Å². The highest BCUT2D eigenvalue weighted by atomic mass is 16.2. The molecule has 0 saturated heterocycles. The van der Waals surface area contributed by atoms with Crippen molar-refractivity contribution in [2.24, 2.45) is 0 Å². The summed E-state index contributed by atoms with van der Waals surface area (Å²) >= 11 is 0. The van der Waals surface area contributed by atoms with Gasteiger partial charge >= 0.3 is 0 Å². The lowest BCUT2D eigenvalue weighted by Gasteiger charge is -2.19. The largest absolute Gasteiger partial charge is 0.337 e. The Morgan fingerprint density at radius 1 is 1.31 bits per heavy atom. The first kappa shape index (κ1) is 12.7. The minimum atomic E-state index is 0.0413. The summed E-state index contributed by atoms with van der Waals surface area (Å²) < 4.78 is 0. The number of rotatable bonds is 6. The van der Waals surface area contributed by atoms with Gasteiger partial charge in [-0.25, -0.2) is 0 Å². The lowest BCUT2D eigenvalue weighted by molar-refractivity contribution is 0.0749. The van der Waals surface area contributed by atoms with Gasteiger partial charge in [0.1, 0.15) is 5.69 Å². The van der Waals surface area contributed by atoms with Crippen LogP contribution in [0.15, 0.2) is 6.07 Å². The van der Waals surface area contributed by atoms with E-state index in [0.717, 1.165) is 38.0 Å². The van der Waals surface area contributed by atoms with Gasteiger partial charge in [0.15, 0.2) is 0 Å². The Bertz CT molecular complexity index is 327. The number of nitrogens with zero attached hydrogens (tertiary/aromatic N) is 2. The Hall–Kier alpha value is -1.32. The zero-order valence-corrected chi connectivity index (χ0v) is 10.4. The number of carbonyl (C=O) groups excluding carboxylic acids is 1. The van der Waals surface area contributed by atoms with Crippen LogP contribution in [-0.2, 0) is 6.42 Å². The van der Waals surface area contributed by atoms with E-state index in [1.165, 1.54) is 0 Å². The van der Waals surface area contributed by atoms with Gasteiger partial charge in [0.05, 0.1) is 0 Å². The van der Waals surface area contributed by atoms with Crippen LogP contribution in [0, 0.1) is 0 Å². The molecule has 0 fully saturated rings. The predicted octanol–water partition coefficient (Wildman–Crippen LogP) is 2.23. The predicted molar refractivity (Wildman–Crippen MR) is 64.5 cm³/mol. The molecule has 1 aromatic heterocycles. The van der Waals surface area contributed by atoms with Crippen LogP contribution in [0.4, 0.5) is 0 Å². The molecule has 0 unspecified atom stereocenters. The van der Waals surface area contributed by atoms with E-state index in [2.05, 4.69) is 24.0 Å². The number of amides is 1. The van der Waals surface area contributed by atoms with Gasteiger partial charge < -0.3 is 4.90 Å². The van der Waals surface area contributed by atoms with Crippen LogP contribution in [0.3, 0.4) is 0 Å². The van der Waals surface area contributed by atoms with Crippen LogP contribution in [0.25, 0.3) is 0 Å². The van der Waals surface area contributed by atoms with Crippen LogP contribution in [0.1, 0.15) is 49.8 Å². The minimum absolute atomic E-state index is 0.0413. The van der Waals surface area contributed by atoms with Gasteiger partial charge in [-0.3, -0.25) is 9.89 Å². The second kappa shape index (κ2) is 6.30. The zero-order valence-electron chi connectivity index (χ0n) is 10.4. The van der Waals surface area contributed by atoms with Crippen molar-refractivity contribution < 1.29 is 4.79 Å². The second-order valence-electron chi connectivity index (χ2n) is 3.92. The van der Waals surface area contributed by atoms with Gasteiger partial charge in [-0.2, -0.15) is 5.10 Å². The number of H-pyrrole nitrogens is 1. The summed E-state index contributed by atoms with van der Waals surface area (Å²) in [4.78, 5) is 14.0. The highest BCUT2D eigenvalue weighted by Gasteiger charge is 2.16. The molecule has 0 radical (unpaired) electrons. The first-order valence-corrected chi connectivity index (χ1v) is 6.06. The number of aromatic amines is 1. The van der Waals surface area contributed by atoms with Crippen molar-refractivity contribution in [3.05, 3.63) is 17.5 Å². The summed E-state index contributed by atoms with van der Waals surface area (Å²) in [6.45, 7) is 7.82. The Labute approximate surface area is 97.0 Å². The lowest BCUT2D eigenvalue weighted by atomic mass is 10.2. The molecule has 0 saturated carbocycles. The molecular weight excluding hydrogens is 202 g/mol. The molecule has 0 bridgehead atoms. The Balaban J connectivity index is 2.72. The fraction of sp³-hybridized carbons (Fsp3) is 0.667. The van der Waals surface area contributed by atoms with Crippen molar-refractivity contribution in [2.75, 3.05) is 13.1 Å². The number of hydrogen-bond acceptors (Lipinski definition) is 2. The number of carbonyl (C=O) groups is 1. The molecule has 4 heteroatoms. The van der Waals surface area contributed by atoms with Gasteiger partial charge in [0.2, 0.25) is 0 Å². The molecule has 1 aromatic rings. The molecule has 0 atom stereocenters. The summed E-state index contributed by atoms with van der Waals surface area (Å²) in [5.74, 6) is 0.0413. The molecule has 1 rings (SSSR count). The second-order valence-corrected chi connectivity index (χ2v) is 3.92. The maximum atomic E-state index is 12.1. The number of hydrogen-bond donors (Lipinski definition) is 1. The van der Waals surface area contributed by atoms with Gasteiger partial charge in [0, 0.05) is 18.8 Å². The van der Waals surface area contributed by atoms with E-state index >= 15 is 0 Å². The first-order valence-electron chi connectivity index (χ1n) is 6.06. The molecule has 0 spiro atoms. The number of aryl methyl sites for hydroxylation is 1. The topological polar surface area (TPSA) is 49.0 Å². The number of nitrogens with one attached hydrogen (secondary N) is 1. The smallest absolute Gasteiger partial charge is 0.274 e. The van der Waals surface area contributed by atoms with Gasteiger partial charge in [-0.1, -0.05) is 20.8 Å². The van der Waals surface area contributed by atoms with E-state index in [-0.39, 0.29) is 5.91 Å². The highest BCUT2D eigenvalue weighted by molar-refractivity contribution is 5.92. The van der Waals surface area contributed by atoms with Crippen molar-refractivity contribution in [2.45, 2.75) is 40.0 Å². The van der Waals surface area contributed by atoms with E-state index in [4.69, 9.17) is 0 Å². The number of aromatic nitrogens is 2. The van der Waals surface area contributed by atoms with E-state index in [1.807, 2.05) is 17.9 Å². The van der Waals surface area contributed by atoms with E-state index in [1.54, 1.807) is 0 Å². The molecule has 0 aliphatic carbocycles. The Morgan fingerprint density at radius 3 is 2.38 bits per heavy atom. The molecule has 0 aromatic carbocycles. The van der Waals surface area contributed by atoms with Crippen molar-refractivity contribution in [3.63, 3.8) is 0 Å². The SMILES string of the molecule is CCCN(CCC)C(=O)c1cc(CC)[nH]n1. The van der Waals surface area contributed by atoms with Crippen LogP contribution < -0.4 is 0 Å². The fourth-order valence-corrected chi connectivity index (χ4v) is 1.67.